The van der Waals surface area contributed by atoms with Gasteiger partial charge in [-0.15, -0.1) is 0 Å². The standard InChI is InChI=1S/C36H52N2O4/c1-23(2)35(39)18-28-8-7-9-32(16-28)42-34-21-30(22-34)38-26(6)11-10-25(5)36(40)17-27-12-14-31(15-13-27)41-33-19-29(20-33)37-24(3)4/h7-9,12-16,23-26,29-30,33-34,37-38H,10-11,17-22H2,1-6H3/t25?,26?,29-,30-,33-,34-. The van der Waals surface area contributed by atoms with Crippen molar-refractivity contribution < 1.29 is 19.1 Å². The molecule has 2 unspecified atom stereocenters. The largest absolute Gasteiger partial charge is 0.490 e. The fraction of sp³-hybridized carbons (Fsp3) is 0.611. The minimum atomic E-state index is 0.0397. The van der Waals surface area contributed by atoms with Crippen LogP contribution in [0.3, 0.4) is 0 Å². The van der Waals surface area contributed by atoms with Crippen molar-refractivity contribution in [3.05, 3.63) is 59.7 Å². The number of Topliss-reactive ketones (excluding diaryl/α,β-unsaturated/α-hetero) is 2. The van der Waals surface area contributed by atoms with Gasteiger partial charge in [-0.1, -0.05) is 58.9 Å². The second-order valence-corrected chi connectivity index (χ2v) is 13.4. The van der Waals surface area contributed by atoms with Gasteiger partial charge in [-0.2, -0.15) is 0 Å². The molecule has 2 aliphatic rings. The van der Waals surface area contributed by atoms with Crippen LogP contribution in [0.1, 0.15) is 91.2 Å². The van der Waals surface area contributed by atoms with Crippen LogP contribution in [0, 0.1) is 11.8 Å². The topological polar surface area (TPSA) is 76.7 Å². The van der Waals surface area contributed by atoms with Crippen LogP contribution in [-0.2, 0) is 22.4 Å². The van der Waals surface area contributed by atoms with Gasteiger partial charge < -0.3 is 20.1 Å². The van der Waals surface area contributed by atoms with Crippen LogP contribution in [0.15, 0.2) is 48.5 Å². The summed E-state index contributed by atoms with van der Waals surface area (Å²) in [6, 6.07) is 17.9. The number of rotatable bonds is 17. The minimum absolute atomic E-state index is 0.0397. The van der Waals surface area contributed by atoms with E-state index in [0.29, 0.717) is 42.8 Å². The number of nitrogens with one attached hydrogen (secondary N) is 2. The number of benzene rings is 2. The molecule has 2 atom stereocenters. The third kappa shape index (κ3) is 9.95. The van der Waals surface area contributed by atoms with Gasteiger partial charge in [-0.3, -0.25) is 9.59 Å². The van der Waals surface area contributed by atoms with E-state index in [1.54, 1.807) is 0 Å². The Balaban J connectivity index is 1.09. The molecule has 2 aromatic rings. The van der Waals surface area contributed by atoms with Crippen LogP contribution >= 0.6 is 0 Å². The van der Waals surface area contributed by atoms with E-state index in [1.165, 1.54) is 0 Å². The van der Waals surface area contributed by atoms with Crippen molar-refractivity contribution in [2.24, 2.45) is 11.8 Å². The quantitative estimate of drug-likeness (QED) is 0.225. The van der Waals surface area contributed by atoms with Crippen LogP contribution in [-0.4, -0.2) is 47.9 Å². The van der Waals surface area contributed by atoms with E-state index in [0.717, 1.165) is 61.2 Å². The third-order valence-corrected chi connectivity index (χ3v) is 8.69. The lowest BCUT2D eigenvalue weighted by Crippen LogP contribution is -2.49. The summed E-state index contributed by atoms with van der Waals surface area (Å²) in [4.78, 5) is 25.0. The summed E-state index contributed by atoms with van der Waals surface area (Å²) in [6.45, 7) is 12.5. The number of ether oxygens (including phenoxy) is 2. The number of hydrogen-bond acceptors (Lipinski definition) is 6. The molecule has 0 bridgehead atoms. The number of carbonyl (C=O) groups excluding carboxylic acids is 2. The van der Waals surface area contributed by atoms with Crippen molar-refractivity contribution >= 4 is 11.6 Å². The molecule has 2 aliphatic carbocycles. The molecular formula is C36H52N2O4. The Bertz CT molecular complexity index is 1150. The molecule has 6 heteroatoms. The van der Waals surface area contributed by atoms with Gasteiger partial charge in [0, 0.05) is 48.8 Å². The third-order valence-electron chi connectivity index (χ3n) is 8.69. The Morgan fingerprint density at radius 2 is 1.31 bits per heavy atom. The molecule has 0 radical (unpaired) electrons. The van der Waals surface area contributed by atoms with Crippen LogP contribution < -0.4 is 20.1 Å². The van der Waals surface area contributed by atoms with Gasteiger partial charge in [-0.25, -0.2) is 0 Å². The molecule has 42 heavy (non-hydrogen) atoms. The maximum Gasteiger partial charge on any atom is 0.140 e. The fourth-order valence-electron chi connectivity index (χ4n) is 5.79. The van der Waals surface area contributed by atoms with Crippen molar-refractivity contribution in [3.8, 4) is 11.5 Å². The summed E-state index contributed by atoms with van der Waals surface area (Å²) < 4.78 is 12.3. The monoisotopic (exact) mass is 576 g/mol. The average molecular weight is 577 g/mol. The Morgan fingerprint density at radius 1 is 0.714 bits per heavy atom. The first kappa shape index (κ1) is 32.2. The van der Waals surface area contributed by atoms with Crippen molar-refractivity contribution in [1.29, 1.82) is 0 Å². The highest BCUT2D eigenvalue weighted by Gasteiger charge is 2.32. The first-order valence-corrected chi connectivity index (χ1v) is 16.1. The molecule has 0 aromatic heterocycles. The molecule has 4 rings (SSSR count). The molecule has 0 spiro atoms. The van der Waals surface area contributed by atoms with E-state index in [1.807, 2.05) is 62.4 Å². The molecule has 230 valence electrons. The Labute approximate surface area is 253 Å². The van der Waals surface area contributed by atoms with Crippen LogP contribution in [0.5, 0.6) is 11.5 Å². The Morgan fingerprint density at radius 3 is 1.93 bits per heavy atom. The van der Waals surface area contributed by atoms with Crippen LogP contribution in [0.25, 0.3) is 0 Å². The predicted octanol–water partition coefficient (Wildman–Crippen LogP) is 6.48. The van der Waals surface area contributed by atoms with Crippen molar-refractivity contribution in [2.75, 3.05) is 0 Å². The fourth-order valence-corrected chi connectivity index (χ4v) is 5.79. The normalized spacial score (nSPS) is 23.1. The van der Waals surface area contributed by atoms with E-state index in [2.05, 4.69) is 38.3 Å². The Kier molecular flexibility index (Phi) is 11.6. The highest BCUT2D eigenvalue weighted by molar-refractivity contribution is 5.83. The molecule has 2 N–H and O–H groups in total. The van der Waals surface area contributed by atoms with Crippen LogP contribution in [0.4, 0.5) is 0 Å². The summed E-state index contributed by atoms with van der Waals surface area (Å²) in [5.41, 5.74) is 2.07. The molecule has 0 saturated heterocycles. The van der Waals surface area contributed by atoms with E-state index in [-0.39, 0.29) is 29.8 Å². The summed E-state index contributed by atoms with van der Waals surface area (Å²) in [5, 5.41) is 7.27. The summed E-state index contributed by atoms with van der Waals surface area (Å²) >= 11 is 0. The Hall–Kier alpha value is -2.70. The van der Waals surface area contributed by atoms with Gasteiger partial charge in [0.2, 0.25) is 0 Å². The lowest BCUT2D eigenvalue weighted by molar-refractivity contribution is -0.122. The average Bonchev–Trinajstić information content (AvgIpc) is 2.90. The van der Waals surface area contributed by atoms with E-state index in [4.69, 9.17) is 9.47 Å². The molecule has 0 heterocycles. The van der Waals surface area contributed by atoms with Crippen LogP contribution in [0.2, 0.25) is 0 Å². The first-order valence-electron chi connectivity index (χ1n) is 16.1. The zero-order chi connectivity index (χ0) is 30.2. The molecule has 2 fully saturated rings. The maximum absolute atomic E-state index is 12.9. The second kappa shape index (κ2) is 15.2. The second-order valence-electron chi connectivity index (χ2n) is 13.4. The SMILES string of the molecule is CC(C)N[C@H]1C[C@H](Oc2ccc(CC(=O)C(C)CCC(C)N[C@H]3C[C@H](Oc4cccc(CC(=O)C(C)C)c4)C3)cc2)C1. The van der Waals surface area contributed by atoms with Gasteiger partial charge in [0.25, 0.3) is 0 Å². The smallest absolute Gasteiger partial charge is 0.140 e. The van der Waals surface area contributed by atoms with Gasteiger partial charge in [0.05, 0.1) is 0 Å². The summed E-state index contributed by atoms with van der Waals surface area (Å²) in [7, 11) is 0. The first-order chi connectivity index (χ1) is 20.0. The van der Waals surface area contributed by atoms with Crippen molar-refractivity contribution in [3.63, 3.8) is 0 Å². The molecular weight excluding hydrogens is 524 g/mol. The number of carbonyl (C=O) groups is 2. The number of ketones is 2. The lowest BCUT2D eigenvalue weighted by Gasteiger charge is -2.38. The zero-order valence-electron chi connectivity index (χ0n) is 26.5. The predicted molar refractivity (Wildman–Crippen MR) is 169 cm³/mol. The van der Waals surface area contributed by atoms with E-state index >= 15 is 0 Å². The number of hydrogen-bond donors (Lipinski definition) is 2. The molecule has 2 saturated carbocycles. The highest BCUT2D eigenvalue weighted by atomic mass is 16.5. The summed E-state index contributed by atoms with van der Waals surface area (Å²) in [6.07, 6.45) is 7.33. The van der Waals surface area contributed by atoms with Crippen molar-refractivity contribution in [1.82, 2.24) is 10.6 Å². The maximum atomic E-state index is 12.9. The van der Waals surface area contributed by atoms with Gasteiger partial charge in [0.15, 0.2) is 0 Å². The van der Waals surface area contributed by atoms with Gasteiger partial charge in [-0.05, 0) is 80.8 Å². The summed E-state index contributed by atoms with van der Waals surface area (Å²) in [5.74, 6) is 2.38. The highest BCUT2D eigenvalue weighted by Crippen LogP contribution is 2.29. The van der Waals surface area contributed by atoms with Gasteiger partial charge >= 0.3 is 0 Å². The van der Waals surface area contributed by atoms with E-state index < -0.39 is 0 Å². The van der Waals surface area contributed by atoms with Gasteiger partial charge in [0.1, 0.15) is 35.3 Å². The zero-order valence-corrected chi connectivity index (χ0v) is 26.5. The van der Waals surface area contributed by atoms with E-state index in [9.17, 15) is 9.59 Å². The molecule has 0 amide bonds. The lowest BCUT2D eigenvalue weighted by atomic mass is 9.87. The molecule has 6 nitrogen and oxygen atoms in total. The minimum Gasteiger partial charge on any atom is -0.490 e. The van der Waals surface area contributed by atoms with Crippen molar-refractivity contribution in [2.45, 2.75) is 129 Å². The molecule has 0 aliphatic heterocycles. The molecule has 2 aromatic carbocycles.